The smallest absolute Gasteiger partial charge is 0.234 e. The summed E-state index contributed by atoms with van der Waals surface area (Å²) < 4.78 is 13.6. The quantitative estimate of drug-likeness (QED) is 0.615. The highest BCUT2D eigenvalue weighted by Crippen LogP contribution is 2.22. The number of nitrogens with zero attached hydrogens (tertiary/aromatic N) is 2. The van der Waals surface area contributed by atoms with Crippen LogP contribution in [0.5, 0.6) is 0 Å². The van der Waals surface area contributed by atoms with Crippen molar-refractivity contribution in [3.8, 4) is 11.4 Å². The molecule has 0 fully saturated rings. The Hall–Kier alpha value is -2.09. The Morgan fingerprint density at radius 1 is 1.16 bits per heavy atom. The summed E-state index contributed by atoms with van der Waals surface area (Å²) in [6.07, 6.45) is 0. The van der Waals surface area contributed by atoms with E-state index in [9.17, 15) is 9.18 Å². The zero-order valence-corrected chi connectivity index (χ0v) is 14.9. The van der Waals surface area contributed by atoms with Gasteiger partial charge in [0.15, 0.2) is 5.82 Å². The van der Waals surface area contributed by atoms with Crippen molar-refractivity contribution in [2.24, 2.45) is 0 Å². The minimum Gasteiger partial charge on any atom is -0.323 e. The monoisotopic (exact) mass is 396 g/mol. The largest absolute Gasteiger partial charge is 0.323 e. The van der Waals surface area contributed by atoms with Crippen molar-refractivity contribution < 1.29 is 9.18 Å². The molecule has 0 unspecified atom stereocenters. The number of thioether (sulfide) groups is 1. The summed E-state index contributed by atoms with van der Waals surface area (Å²) in [6, 6.07) is 11.2. The maximum atomic E-state index is 13.6. The number of anilines is 1. The molecule has 1 amide bonds. The van der Waals surface area contributed by atoms with Gasteiger partial charge in [0.25, 0.3) is 0 Å². The molecule has 0 bridgehead atoms. The lowest BCUT2D eigenvalue weighted by Crippen LogP contribution is -2.15. The number of carbonyl (C=O) groups excluding carboxylic acids is 1. The molecule has 0 aliphatic carbocycles. The van der Waals surface area contributed by atoms with E-state index in [1.54, 1.807) is 12.1 Å². The third-order valence-electron chi connectivity index (χ3n) is 3.12. The Balaban J connectivity index is 1.58. The molecule has 2 N–H and O–H groups in total. The molecule has 0 saturated heterocycles. The normalized spacial score (nSPS) is 10.7. The minimum atomic E-state index is -0.589. The number of carbonyl (C=O) groups is 1. The van der Waals surface area contributed by atoms with Crippen molar-refractivity contribution in [1.82, 2.24) is 15.2 Å². The van der Waals surface area contributed by atoms with Crippen LogP contribution in [0, 0.1) is 5.82 Å². The van der Waals surface area contributed by atoms with Gasteiger partial charge in [-0.2, -0.15) is 0 Å². The summed E-state index contributed by atoms with van der Waals surface area (Å²) in [5, 5.41) is 10.6. The van der Waals surface area contributed by atoms with Gasteiger partial charge in [-0.1, -0.05) is 35.0 Å². The molecule has 0 aliphatic rings. The van der Waals surface area contributed by atoms with Gasteiger partial charge in [-0.15, -0.1) is 5.10 Å². The Labute approximate surface area is 156 Å². The van der Waals surface area contributed by atoms with E-state index >= 15 is 0 Å². The second kappa shape index (κ2) is 7.86. The average Bonchev–Trinajstić information content (AvgIpc) is 3.05. The Kier molecular flexibility index (Phi) is 5.57. The summed E-state index contributed by atoms with van der Waals surface area (Å²) in [4.78, 5) is 16.2. The number of rotatable bonds is 5. The van der Waals surface area contributed by atoms with E-state index in [1.165, 1.54) is 12.1 Å². The van der Waals surface area contributed by atoms with Crippen molar-refractivity contribution in [3.05, 3.63) is 58.3 Å². The van der Waals surface area contributed by atoms with Crippen molar-refractivity contribution in [3.63, 3.8) is 0 Å². The third kappa shape index (κ3) is 4.72. The van der Waals surface area contributed by atoms with Crippen LogP contribution in [-0.2, 0) is 4.79 Å². The van der Waals surface area contributed by atoms with E-state index in [4.69, 9.17) is 23.2 Å². The zero-order chi connectivity index (χ0) is 17.8. The number of halogens is 3. The summed E-state index contributed by atoms with van der Waals surface area (Å²) in [5.41, 5.74) is 0.906. The van der Waals surface area contributed by atoms with E-state index in [0.29, 0.717) is 16.0 Å². The fraction of sp³-hybridized carbons (Fsp3) is 0.0625. The van der Waals surface area contributed by atoms with E-state index in [-0.39, 0.29) is 22.4 Å². The Morgan fingerprint density at radius 3 is 2.60 bits per heavy atom. The van der Waals surface area contributed by atoms with Gasteiger partial charge in [-0.05, 0) is 42.5 Å². The number of benzene rings is 2. The first-order chi connectivity index (χ1) is 12.0. The predicted octanol–water partition coefficient (Wildman–Crippen LogP) is 4.65. The first kappa shape index (κ1) is 17.7. The molecule has 9 heteroatoms. The van der Waals surface area contributed by atoms with Gasteiger partial charge in [0.1, 0.15) is 5.82 Å². The molecule has 128 valence electrons. The molecule has 0 atom stereocenters. The van der Waals surface area contributed by atoms with Crippen LogP contribution >= 0.6 is 35.0 Å². The van der Waals surface area contributed by atoms with Gasteiger partial charge in [-0.25, -0.2) is 9.37 Å². The molecular weight excluding hydrogens is 386 g/mol. The first-order valence-corrected chi connectivity index (χ1v) is 8.81. The maximum Gasteiger partial charge on any atom is 0.234 e. The highest BCUT2D eigenvalue weighted by molar-refractivity contribution is 7.99. The lowest BCUT2D eigenvalue weighted by atomic mass is 10.2. The summed E-state index contributed by atoms with van der Waals surface area (Å²) >= 11 is 12.7. The van der Waals surface area contributed by atoms with Crippen LogP contribution in [0.2, 0.25) is 10.0 Å². The highest BCUT2D eigenvalue weighted by Gasteiger charge is 2.11. The SMILES string of the molecule is O=C(CSc1n[nH]c(-c2ccc(Cl)cc2)n1)Nc1ccc(Cl)cc1F. The van der Waals surface area contributed by atoms with E-state index < -0.39 is 5.82 Å². The minimum absolute atomic E-state index is 0.0416. The summed E-state index contributed by atoms with van der Waals surface area (Å²) in [7, 11) is 0. The van der Waals surface area contributed by atoms with Crippen LogP contribution in [-0.4, -0.2) is 26.8 Å². The molecule has 0 spiro atoms. The van der Waals surface area contributed by atoms with Crippen LogP contribution in [0.3, 0.4) is 0 Å². The fourth-order valence-electron chi connectivity index (χ4n) is 1.96. The number of nitrogens with one attached hydrogen (secondary N) is 2. The number of H-pyrrole nitrogens is 1. The second-order valence-electron chi connectivity index (χ2n) is 4.93. The van der Waals surface area contributed by atoms with Crippen LogP contribution in [0.4, 0.5) is 10.1 Å². The molecule has 2 aromatic carbocycles. The molecular formula is C16H11Cl2FN4OS. The van der Waals surface area contributed by atoms with Crippen LogP contribution in [0.25, 0.3) is 11.4 Å². The summed E-state index contributed by atoms with van der Waals surface area (Å²) in [6.45, 7) is 0. The molecule has 1 aromatic heterocycles. The lowest BCUT2D eigenvalue weighted by molar-refractivity contribution is -0.113. The van der Waals surface area contributed by atoms with E-state index in [2.05, 4.69) is 20.5 Å². The first-order valence-electron chi connectivity index (χ1n) is 7.07. The Morgan fingerprint density at radius 2 is 1.88 bits per heavy atom. The molecule has 5 nitrogen and oxygen atoms in total. The molecule has 3 aromatic rings. The van der Waals surface area contributed by atoms with Gasteiger partial charge in [0, 0.05) is 15.6 Å². The maximum absolute atomic E-state index is 13.6. The zero-order valence-electron chi connectivity index (χ0n) is 12.6. The molecule has 0 radical (unpaired) electrons. The number of hydrogen-bond donors (Lipinski definition) is 2. The van der Waals surface area contributed by atoms with Gasteiger partial charge < -0.3 is 5.32 Å². The molecule has 25 heavy (non-hydrogen) atoms. The van der Waals surface area contributed by atoms with Gasteiger partial charge >= 0.3 is 0 Å². The van der Waals surface area contributed by atoms with Crippen LogP contribution < -0.4 is 5.32 Å². The van der Waals surface area contributed by atoms with Crippen molar-refractivity contribution in [2.75, 3.05) is 11.1 Å². The number of amides is 1. The van der Waals surface area contributed by atoms with Crippen molar-refractivity contribution >= 4 is 46.6 Å². The number of aromatic nitrogens is 3. The molecule has 3 rings (SSSR count). The van der Waals surface area contributed by atoms with Crippen LogP contribution in [0.1, 0.15) is 0 Å². The fourth-order valence-corrected chi connectivity index (χ4v) is 2.84. The van der Waals surface area contributed by atoms with Gasteiger partial charge in [0.05, 0.1) is 11.4 Å². The molecule has 0 aliphatic heterocycles. The number of hydrogen-bond acceptors (Lipinski definition) is 4. The molecule has 1 heterocycles. The van der Waals surface area contributed by atoms with Crippen molar-refractivity contribution in [2.45, 2.75) is 5.16 Å². The highest BCUT2D eigenvalue weighted by atomic mass is 35.5. The van der Waals surface area contributed by atoms with E-state index in [0.717, 1.165) is 23.4 Å². The second-order valence-corrected chi connectivity index (χ2v) is 6.75. The molecule has 0 saturated carbocycles. The summed E-state index contributed by atoms with van der Waals surface area (Å²) in [5.74, 6) is -0.346. The van der Waals surface area contributed by atoms with Crippen LogP contribution in [0.15, 0.2) is 47.6 Å². The predicted molar refractivity (Wildman–Crippen MR) is 97.6 cm³/mol. The Bertz CT molecular complexity index is 901. The standard InChI is InChI=1S/C16H11Cl2FN4OS/c17-10-3-1-9(2-4-10)15-21-16(23-22-15)25-8-14(24)20-13-6-5-11(18)7-12(13)19/h1-7H,8H2,(H,20,24)(H,21,22,23). The third-order valence-corrected chi connectivity index (χ3v) is 4.45. The van der Waals surface area contributed by atoms with Gasteiger partial charge in [0.2, 0.25) is 11.1 Å². The van der Waals surface area contributed by atoms with Crippen molar-refractivity contribution in [1.29, 1.82) is 0 Å². The average molecular weight is 397 g/mol. The number of aromatic amines is 1. The van der Waals surface area contributed by atoms with E-state index in [1.807, 2.05) is 12.1 Å². The topological polar surface area (TPSA) is 70.7 Å². The van der Waals surface area contributed by atoms with Gasteiger partial charge in [-0.3, -0.25) is 9.89 Å². The lowest BCUT2D eigenvalue weighted by Gasteiger charge is -2.05.